The predicted octanol–water partition coefficient (Wildman–Crippen LogP) is 5.63. The first-order valence-electron chi connectivity index (χ1n) is 15.7. The van der Waals surface area contributed by atoms with Crippen molar-refractivity contribution in [3.05, 3.63) is 123 Å². The van der Waals surface area contributed by atoms with Gasteiger partial charge < -0.3 is 19.8 Å². The Morgan fingerprint density at radius 1 is 0.933 bits per heavy atom. The minimum atomic E-state index is -1.44. The van der Waals surface area contributed by atoms with E-state index in [1.807, 2.05) is 25.1 Å². The van der Waals surface area contributed by atoms with E-state index in [4.69, 9.17) is 0 Å². The zero-order valence-corrected chi connectivity index (χ0v) is 25.6. The normalized spacial score (nSPS) is 19.3. The lowest BCUT2D eigenvalue weighted by Crippen LogP contribution is -2.34. The van der Waals surface area contributed by atoms with Gasteiger partial charge in [0.25, 0.3) is 5.56 Å². The Balaban J connectivity index is 1.08. The van der Waals surface area contributed by atoms with Crippen LogP contribution in [0.5, 0.6) is 5.75 Å². The molecule has 2 aliphatic rings. The molecule has 7 rings (SSSR count). The number of carboxylic acids is 1. The molecule has 0 amide bonds. The number of pyridine rings is 1. The number of hydrogen-bond donors (Lipinski definition) is 3. The minimum Gasteiger partial charge on any atom is -0.506 e. The van der Waals surface area contributed by atoms with Gasteiger partial charge in [0.05, 0.1) is 5.69 Å². The molecule has 2 fully saturated rings. The summed E-state index contributed by atoms with van der Waals surface area (Å²) in [6.45, 7) is 6.77. The van der Waals surface area contributed by atoms with Crippen molar-refractivity contribution >= 4 is 16.9 Å². The first kappa shape index (κ1) is 29.1. The second kappa shape index (κ2) is 11.7. The number of hydrogen-bond acceptors (Lipinski definition) is 5. The Hall–Kier alpha value is -4.66. The third kappa shape index (κ3) is 5.45. The third-order valence-electron chi connectivity index (χ3n) is 9.78. The molecule has 3 heterocycles. The molecule has 45 heavy (non-hydrogen) atoms. The third-order valence-corrected chi connectivity index (χ3v) is 9.78. The number of fused-ring (bicyclic) bond motifs is 2. The lowest BCUT2D eigenvalue weighted by atomic mass is 9.99. The highest BCUT2D eigenvalue weighted by Crippen LogP contribution is 2.50. The van der Waals surface area contributed by atoms with Gasteiger partial charge in [0.15, 0.2) is 5.56 Å². The molecule has 1 saturated carbocycles. The van der Waals surface area contributed by atoms with Gasteiger partial charge in [-0.3, -0.25) is 14.6 Å². The number of carboxylic acid groups (broad SMARTS) is 1. The van der Waals surface area contributed by atoms with E-state index in [1.165, 1.54) is 16.8 Å². The Morgan fingerprint density at radius 2 is 1.56 bits per heavy atom. The van der Waals surface area contributed by atoms with Crippen molar-refractivity contribution in [2.24, 2.45) is 18.9 Å². The number of benzene rings is 3. The molecule has 3 aromatic carbocycles. The molecule has 8 heteroatoms. The second-order valence-electron chi connectivity index (χ2n) is 12.5. The maximum absolute atomic E-state index is 12.5. The van der Waals surface area contributed by atoms with Gasteiger partial charge in [0.1, 0.15) is 5.75 Å². The summed E-state index contributed by atoms with van der Waals surface area (Å²) in [5.41, 5.74) is 5.20. The van der Waals surface area contributed by atoms with Crippen LogP contribution in [0.4, 0.5) is 0 Å². The van der Waals surface area contributed by atoms with Crippen LogP contribution in [0.25, 0.3) is 22.2 Å². The van der Waals surface area contributed by atoms with Crippen LogP contribution in [0.2, 0.25) is 0 Å². The van der Waals surface area contributed by atoms with Gasteiger partial charge in [-0.15, -0.1) is 0 Å². The van der Waals surface area contributed by atoms with Gasteiger partial charge in [0.2, 0.25) is 0 Å². The molecule has 3 N–H and O–H groups in total. The first-order valence-corrected chi connectivity index (χ1v) is 15.7. The fourth-order valence-electron chi connectivity index (χ4n) is 7.52. The van der Waals surface area contributed by atoms with E-state index in [2.05, 4.69) is 93.1 Å². The number of H-pyrrole nitrogens is 1. The average molecular weight is 603 g/mol. The maximum atomic E-state index is 12.5. The molecule has 1 aliphatic heterocycles. The summed E-state index contributed by atoms with van der Waals surface area (Å²) in [4.78, 5) is 32.0. The average Bonchev–Trinajstić information content (AvgIpc) is 3.36. The molecule has 1 saturated heterocycles. The molecule has 0 radical (unpaired) electrons. The van der Waals surface area contributed by atoms with Crippen LogP contribution >= 0.6 is 0 Å². The summed E-state index contributed by atoms with van der Waals surface area (Å²) in [7, 11) is 2.09. The number of nitrogens with one attached hydrogen (secondary N) is 1. The Kier molecular flexibility index (Phi) is 7.55. The van der Waals surface area contributed by atoms with Gasteiger partial charge in [-0.1, -0.05) is 73.7 Å². The maximum Gasteiger partial charge on any atom is 0.345 e. The molecule has 0 unspecified atom stereocenters. The van der Waals surface area contributed by atoms with Crippen LogP contribution in [0.1, 0.15) is 39.7 Å². The highest BCUT2D eigenvalue weighted by molar-refractivity contribution is 5.92. The standard InChI is InChI=1S/C37H38N4O4/c1-3-28-33(38-36(43)32(35(28)42)37(44)45)25-14-15-31-26(16-25)17-27(39(31)2)20-40-21-29-30(22-40)34(29)41(18-23-10-6-4-7-11-23)19-24-12-8-5-9-13-24/h4-17,29-30,34H,3,18-22H2,1-2H3,(H,44,45)(H2,38,42,43)/t29-,30+,34+. The van der Waals surface area contributed by atoms with Crippen LogP contribution in [0, 0.1) is 11.8 Å². The molecule has 8 nitrogen and oxygen atoms in total. The molecule has 2 aromatic heterocycles. The fourth-order valence-corrected chi connectivity index (χ4v) is 7.52. The molecule has 230 valence electrons. The number of piperidine rings is 1. The van der Waals surface area contributed by atoms with Crippen molar-refractivity contribution in [3.63, 3.8) is 0 Å². The summed E-state index contributed by atoms with van der Waals surface area (Å²) in [5.74, 6) is -0.562. The van der Waals surface area contributed by atoms with Crippen molar-refractivity contribution in [2.45, 2.75) is 39.0 Å². The summed E-state index contributed by atoms with van der Waals surface area (Å²) >= 11 is 0. The van der Waals surface area contributed by atoms with Gasteiger partial charge in [-0.25, -0.2) is 4.79 Å². The van der Waals surface area contributed by atoms with Gasteiger partial charge in [-0.05, 0) is 53.1 Å². The SMILES string of the molecule is CCc1c(-c2ccc3c(c2)cc(CN2C[C@@H]4[C@H](C2)[C@H]4N(Cc2ccccc2)Cc2ccccc2)n3C)[nH]c(=O)c(C(=O)O)c1O. The van der Waals surface area contributed by atoms with E-state index < -0.39 is 22.8 Å². The van der Waals surface area contributed by atoms with E-state index >= 15 is 0 Å². The number of rotatable bonds is 10. The molecule has 5 aromatic rings. The number of likely N-dealkylation sites (tertiary alicyclic amines) is 1. The van der Waals surface area contributed by atoms with Crippen LogP contribution in [-0.4, -0.2) is 54.7 Å². The van der Waals surface area contributed by atoms with Gasteiger partial charge in [0, 0.05) is 68.0 Å². The second-order valence-corrected chi connectivity index (χ2v) is 12.5. The van der Waals surface area contributed by atoms with Crippen LogP contribution in [0.15, 0.2) is 89.7 Å². The first-order chi connectivity index (χ1) is 21.8. The van der Waals surface area contributed by atoms with Gasteiger partial charge in [-0.2, -0.15) is 0 Å². The quantitative estimate of drug-likeness (QED) is 0.192. The lowest BCUT2D eigenvalue weighted by Gasteiger charge is -2.28. The van der Waals surface area contributed by atoms with Crippen molar-refractivity contribution < 1.29 is 15.0 Å². The Morgan fingerprint density at radius 3 is 2.13 bits per heavy atom. The zero-order chi connectivity index (χ0) is 31.2. The number of aromatic carboxylic acids is 1. The Labute approximate surface area is 262 Å². The largest absolute Gasteiger partial charge is 0.506 e. The predicted molar refractivity (Wildman–Crippen MR) is 175 cm³/mol. The topological polar surface area (TPSA) is 102 Å². The molecule has 3 atom stereocenters. The van der Waals surface area contributed by atoms with Crippen LogP contribution < -0.4 is 5.56 Å². The zero-order valence-electron chi connectivity index (χ0n) is 25.6. The van der Waals surface area contributed by atoms with E-state index in [9.17, 15) is 19.8 Å². The molecule has 1 aliphatic carbocycles. The summed E-state index contributed by atoms with van der Waals surface area (Å²) in [5, 5.41) is 21.1. The number of nitrogens with zero attached hydrogens (tertiary/aromatic N) is 3. The highest BCUT2D eigenvalue weighted by atomic mass is 16.4. The van der Waals surface area contributed by atoms with E-state index in [-0.39, 0.29) is 0 Å². The van der Waals surface area contributed by atoms with E-state index in [1.54, 1.807) is 0 Å². The van der Waals surface area contributed by atoms with E-state index in [0.717, 1.165) is 49.2 Å². The molecular formula is C37H38N4O4. The number of aromatic nitrogens is 2. The summed E-state index contributed by atoms with van der Waals surface area (Å²) in [6, 6.07) is 30.3. The lowest BCUT2D eigenvalue weighted by molar-refractivity contribution is 0.0691. The number of carbonyl (C=O) groups is 1. The molecule has 0 bridgehead atoms. The fraction of sp³-hybridized carbons (Fsp3) is 0.297. The van der Waals surface area contributed by atoms with Crippen molar-refractivity contribution in [1.82, 2.24) is 19.4 Å². The van der Waals surface area contributed by atoms with Crippen LogP contribution in [0.3, 0.4) is 0 Å². The molecular weight excluding hydrogens is 564 g/mol. The van der Waals surface area contributed by atoms with E-state index in [0.29, 0.717) is 35.6 Å². The van der Waals surface area contributed by atoms with Crippen molar-refractivity contribution in [2.75, 3.05) is 13.1 Å². The highest BCUT2D eigenvalue weighted by Gasteiger charge is 2.57. The van der Waals surface area contributed by atoms with Gasteiger partial charge >= 0.3 is 5.97 Å². The van der Waals surface area contributed by atoms with Crippen molar-refractivity contribution in [3.8, 4) is 17.0 Å². The monoisotopic (exact) mass is 602 g/mol. The minimum absolute atomic E-state index is 0.378. The van der Waals surface area contributed by atoms with Crippen LogP contribution in [-0.2, 0) is 33.1 Å². The summed E-state index contributed by atoms with van der Waals surface area (Å²) in [6.07, 6.45) is 0.378. The summed E-state index contributed by atoms with van der Waals surface area (Å²) < 4.78 is 2.23. The number of aromatic amines is 1. The number of aromatic hydroxyl groups is 1. The Bertz CT molecular complexity index is 1880. The molecule has 0 spiro atoms. The van der Waals surface area contributed by atoms with Crippen molar-refractivity contribution in [1.29, 1.82) is 0 Å². The number of aryl methyl sites for hydroxylation is 1. The smallest absolute Gasteiger partial charge is 0.345 e.